The first-order chi connectivity index (χ1) is 10.6. The van der Waals surface area contributed by atoms with Crippen molar-refractivity contribution in [2.45, 2.75) is 31.4 Å². The summed E-state index contributed by atoms with van der Waals surface area (Å²) < 4.78 is 10.0. The van der Waals surface area contributed by atoms with Gasteiger partial charge in [0.25, 0.3) is 0 Å². The number of amides is 1. The maximum absolute atomic E-state index is 12.1. The van der Waals surface area contributed by atoms with Gasteiger partial charge >= 0.3 is 12.1 Å². The van der Waals surface area contributed by atoms with Crippen LogP contribution in [0.5, 0.6) is 0 Å². The fourth-order valence-electron chi connectivity index (χ4n) is 2.85. The van der Waals surface area contributed by atoms with Gasteiger partial charge in [-0.1, -0.05) is 30.3 Å². The summed E-state index contributed by atoms with van der Waals surface area (Å²) in [7, 11) is 1.32. The van der Waals surface area contributed by atoms with E-state index < -0.39 is 17.6 Å². The number of carbonyl (C=O) groups excluding carboxylic acids is 2. The number of benzene rings is 1. The number of nitrogens with one attached hydrogen (secondary N) is 1. The second-order valence-corrected chi connectivity index (χ2v) is 5.60. The van der Waals surface area contributed by atoms with Crippen LogP contribution in [0.1, 0.15) is 24.8 Å². The van der Waals surface area contributed by atoms with E-state index in [-0.39, 0.29) is 12.5 Å². The molecule has 120 valence electrons. The van der Waals surface area contributed by atoms with Gasteiger partial charge in [0.15, 0.2) is 0 Å². The summed E-state index contributed by atoms with van der Waals surface area (Å²) in [6.45, 7) is 0.643. The summed E-state index contributed by atoms with van der Waals surface area (Å²) in [5.41, 5.74) is 5.53. The number of methoxy groups -OCH3 is 1. The number of esters is 1. The summed E-state index contributed by atoms with van der Waals surface area (Å²) in [6.07, 6.45) is 1.16. The highest BCUT2D eigenvalue weighted by Crippen LogP contribution is 2.35. The van der Waals surface area contributed by atoms with Gasteiger partial charge in [0.05, 0.1) is 7.11 Å². The molecule has 0 radical (unpaired) electrons. The van der Waals surface area contributed by atoms with Crippen molar-refractivity contribution >= 4 is 12.1 Å². The Labute approximate surface area is 130 Å². The van der Waals surface area contributed by atoms with Crippen molar-refractivity contribution < 1.29 is 19.1 Å². The van der Waals surface area contributed by atoms with Crippen LogP contribution in [0.3, 0.4) is 0 Å². The predicted molar refractivity (Wildman–Crippen MR) is 80.9 cm³/mol. The Hall–Kier alpha value is -2.08. The molecule has 1 aromatic carbocycles. The molecule has 0 spiro atoms. The molecule has 2 rings (SSSR count). The minimum Gasteiger partial charge on any atom is -0.467 e. The number of rotatable bonds is 5. The summed E-state index contributed by atoms with van der Waals surface area (Å²) in [4.78, 5) is 24.1. The average molecular weight is 306 g/mol. The molecule has 1 aliphatic carbocycles. The molecular weight excluding hydrogens is 284 g/mol. The van der Waals surface area contributed by atoms with Gasteiger partial charge in [-0.3, -0.25) is 0 Å². The molecule has 0 saturated heterocycles. The van der Waals surface area contributed by atoms with Crippen LogP contribution >= 0.6 is 0 Å². The van der Waals surface area contributed by atoms with Crippen LogP contribution in [-0.2, 0) is 20.9 Å². The third-order valence-electron chi connectivity index (χ3n) is 4.08. The molecule has 6 nitrogen and oxygen atoms in total. The molecule has 1 amide bonds. The fraction of sp³-hybridized carbons (Fsp3) is 0.500. The Balaban J connectivity index is 1.96. The van der Waals surface area contributed by atoms with Crippen LogP contribution in [0.2, 0.25) is 0 Å². The van der Waals surface area contributed by atoms with Crippen LogP contribution in [0.25, 0.3) is 0 Å². The monoisotopic (exact) mass is 306 g/mol. The number of carbonyl (C=O) groups is 2. The molecule has 1 aliphatic rings. The largest absolute Gasteiger partial charge is 0.467 e. The van der Waals surface area contributed by atoms with E-state index >= 15 is 0 Å². The van der Waals surface area contributed by atoms with Gasteiger partial charge in [0, 0.05) is 0 Å². The first-order valence-electron chi connectivity index (χ1n) is 7.37. The smallest absolute Gasteiger partial charge is 0.408 e. The number of hydrogen-bond donors (Lipinski definition) is 2. The summed E-state index contributed by atoms with van der Waals surface area (Å²) in [5, 5.41) is 2.69. The molecule has 3 N–H and O–H groups in total. The van der Waals surface area contributed by atoms with E-state index in [4.69, 9.17) is 15.2 Å². The SMILES string of the molecule is COC(=O)C1(NC(=O)OCc2ccccc2)CCC(CN)C1. The molecule has 0 aromatic heterocycles. The van der Waals surface area contributed by atoms with Gasteiger partial charge in [0.2, 0.25) is 0 Å². The zero-order valence-corrected chi connectivity index (χ0v) is 12.7. The van der Waals surface area contributed by atoms with Crippen LogP contribution in [0.4, 0.5) is 4.79 Å². The van der Waals surface area contributed by atoms with Gasteiger partial charge in [0.1, 0.15) is 12.1 Å². The van der Waals surface area contributed by atoms with E-state index in [0.29, 0.717) is 19.4 Å². The highest BCUT2D eigenvalue weighted by atomic mass is 16.6. The molecule has 2 unspecified atom stereocenters. The predicted octanol–water partition coefficient (Wildman–Crippen LogP) is 1.58. The van der Waals surface area contributed by atoms with Crippen molar-refractivity contribution in [2.75, 3.05) is 13.7 Å². The van der Waals surface area contributed by atoms with E-state index in [2.05, 4.69) is 5.32 Å². The summed E-state index contributed by atoms with van der Waals surface area (Å²) >= 11 is 0. The van der Waals surface area contributed by atoms with Crippen molar-refractivity contribution in [3.05, 3.63) is 35.9 Å². The van der Waals surface area contributed by atoms with Crippen LogP contribution < -0.4 is 11.1 Å². The second-order valence-electron chi connectivity index (χ2n) is 5.60. The molecule has 1 aromatic rings. The maximum Gasteiger partial charge on any atom is 0.408 e. The molecule has 0 heterocycles. The van der Waals surface area contributed by atoms with Crippen molar-refractivity contribution in [3.8, 4) is 0 Å². The quantitative estimate of drug-likeness (QED) is 0.806. The van der Waals surface area contributed by atoms with Gasteiger partial charge in [-0.25, -0.2) is 9.59 Å². The lowest BCUT2D eigenvalue weighted by molar-refractivity contribution is -0.148. The lowest BCUT2D eigenvalue weighted by Crippen LogP contribution is -2.53. The number of nitrogens with two attached hydrogens (primary N) is 1. The minimum atomic E-state index is -1.02. The van der Waals surface area contributed by atoms with Crippen molar-refractivity contribution in [1.82, 2.24) is 5.32 Å². The standard InChI is InChI=1S/C16H22N2O4/c1-21-14(19)16(8-7-13(9-16)10-17)18-15(20)22-11-12-5-3-2-4-6-12/h2-6,13H,7-11,17H2,1H3,(H,18,20). The lowest BCUT2D eigenvalue weighted by atomic mass is 9.96. The Morgan fingerprint density at radius 3 is 2.68 bits per heavy atom. The maximum atomic E-state index is 12.1. The fourth-order valence-corrected chi connectivity index (χ4v) is 2.85. The molecule has 0 aliphatic heterocycles. The van der Waals surface area contributed by atoms with Crippen molar-refractivity contribution in [2.24, 2.45) is 11.7 Å². The molecule has 1 saturated carbocycles. The van der Waals surface area contributed by atoms with Gasteiger partial charge in [-0.05, 0) is 37.3 Å². The summed E-state index contributed by atoms with van der Waals surface area (Å²) in [5.74, 6) is -0.242. The van der Waals surface area contributed by atoms with Crippen LogP contribution in [0, 0.1) is 5.92 Å². The van der Waals surface area contributed by atoms with E-state index in [1.807, 2.05) is 30.3 Å². The molecule has 0 bridgehead atoms. The van der Waals surface area contributed by atoms with E-state index in [1.165, 1.54) is 7.11 Å². The Morgan fingerprint density at radius 2 is 2.09 bits per heavy atom. The lowest BCUT2D eigenvalue weighted by Gasteiger charge is -2.27. The van der Waals surface area contributed by atoms with E-state index in [0.717, 1.165) is 12.0 Å². The van der Waals surface area contributed by atoms with E-state index in [9.17, 15) is 9.59 Å². The van der Waals surface area contributed by atoms with Gasteiger partial charge < -0.3 is 20.5 Å². The summed E-state index contributed by atoms with van der Waals surface area (Å²) in [6, 6.07) is 9.36. The van der Waals surface area contributed by atoms with Crippen molar-refractivity contribution in [1.29, 1.82) is 0 Å². The topological polar surface area (TPSA) is 90.6 Å². The highest BCUT2D eigenvalue weighted by molar-refractivity contribution is 5.86. The third kappa shape index (κ3) is 3.76. The van der Waals surface area contributed by atoms with Gasteiger partial charge in [-0.2, -0.15) is 0 Å². The molecular formula is C16H22N2O4. The number of hydrogen-bond acceptors (Lipinski definition) is 5. The highest BCUT2D eigenvalue weighted by Gasteiger charge is 2.47. The third-order valence-corrected chi connectivity index (χ3v) is 4.08. The number of ether oxygens (including phenoxy) is 2. The zero-order chi connectivity index (χ0) is 16.0. The molecule has 1 fully saturated rings. The van der Waals surface area contributed by atoms with Crippen molar-refractivity contribution in [3.63, 3.8) is 0 Å². The minimum absolute atomic E-state index is 0.157. The molecule has 2 atom stereocenters. The molecule has 6 heteroatoms. The zero-order valence-electron chi connectivity index (χ0n) is 12.7. The van der Waals surface area contributed by atoms with Crippen LogP contribution in [-0.4, -0.2) is 31.3 Å². The van der Waals surface area contributed by atoms with Gasteiger partial charge in [-0.15, -0.1) is 0 Å². The molecule has 22 heavy (non-hydrogen) atoms. The first-order valence-corrected chi connectivity index (χ1v) is 7.37. The Bertz CT molecular complexity index is 520. The Morgan fingerprint density at radius 1 is 1.36 bits per heavy atom. The average Bonchev–Trinajstić information content (AvgIpc) is 2.97. The Kier molecular flexibility index (Phi) is 5.38. The first kappa shape index (κ1) is 16.3. The van der Waals surface area contributed by atoms with E-state index in [1.54, 1.807) is 0 Å². The second kappa shape index (κ2) is 7.26. The van der Waals surface area contributed by atoms with Crippen LogP contribution in [0.15, 0.2) is 30.3 Å². The number of alkyl carbamates (subject to hydrolysis) is 1. The normalized spacial score (nSPS) is 23.8.